The van der Waals surface area contributed by atoms with E-state index in [1.165, 1.54) is 11.8 Å². The minimum Gasteiger partial charge on any atom is -0.310 e. The number of aromatic nitrogens is 4. The summed E-state index contributed by atoms with van der Waals surface area (Å²) in [7, 11) is 0. The van der Waals surface area contributed by atoms with Crippen LogP contribution in [0.4, 0.5) is 5.82 Å². The standard InChI is InChI=1S/C23H20N6OS/c1-15-16(2)29(18-11-7-4-8-12-18)22(19(15)13-24)25-20(30)14-31-23-26-21(27-28-23)17-9-5-3-6-10-17/h3-12H,14H2,1-2H3,(H,25,30)(H,26,27,28). The molecule has 154 valence electrons. The lowest BCUT2D eigenvalue weighted by atomic mass is 10.2. The predicted octanol–water partition coefficient (Wildman–Crippen LogP) is 4.48. The number of hydrogen-bond acceptors (Lipinski definition) is 5. The zero-order chi connectivity index (χ0) is 21.8. The van der Waals surface area contributed by atoms with Gasteiger partial charge in [-0.3, -0.25) is 14.5 Å². The molecule has 0 radical (unpaired) electrons. The van der Waals surface area contributed by atoms with Crippen molar-refractivity contribution in [1.29, 1.82) is 5.26 Å². The van der Waals surface area contributed by atoms with Crippen LogP contribution in [0.2, 0.25) is 0 Å². The molecule has 7 nitrogen and oxygen atoms in total. The molecule has 0 atom stereocenters. The average Bonchev–Trinajstić information content (AvgIpc) is 3.36. The summed E-state index contributed by atoms with van der Waals surface area (Å²) in [6, 6.07) is 21.5. The monoisotopic (exact) mass is 428 g/mol. The first kappa shape index (κ1) is 20.4. The fourth-order valence-electron chi connectivity index (χ4n) is 3.30. The van der Waals surface area contributed by atoms with Gasteiger partial charge in [0.1, 0.15) is 11.9 Å². The van der Waals surface area contributed by atoms with Gasteiger partial charge in [0.25, 0.3) is 0 Å². The van der Waals surface area contributed by atoms with Crippen molar-refractivity contribution in [1.82, 2.24) is 19.7 Å². The van der Waals surface area contributed by atoms with Crippen molar-refractivity contribution in [3.8, 4) is 23.1 Å². The van der Waals surface area contributed by atoms with Crippen LogP contribution in [0.25, 0.3) is 17.1 Å². The van der Waals surface area contributed by atoms with Crippen LogP contribution in [0.15, 0.2) is 65.8 Å². The molecule has 4 rings (SSSR count). The first-order valence-corrected chi connectivity index (χ1v) is 10.6. The van der Waals surface area contributed by atoms with Crippen molar-refractivity contribution < 1.29 is 4.79 Å². The lowest BCUT2D eigenvalue weighted by Gasteiger charge is -2.12. The number of aromatic amines is 1. The fraction of sp³-hybridized carbons (Fsp3) is 0.130. The first-order valence-electron chi connectivity index (χ1n) is 9.66. The third kappa shape index (κ3) is 4.22. The summed E-state index contributed by atoms with van der Waals surface area (Å²) in [5.74, 6) is 1.02. The number of thioether (sulfide) groups is 1. The van der Waals surface area contributed by atoms with E-state index in [9.17, 15) is 10.1 Å². The number of hydrogen-bond donors (Lipinski definition) is 2. The van der Waals surface area contributed by atoms with Gasteiger partial charge in [-0.15, -0.1) is 5.10 Å². The van der Waals surface area contributed by atoms with Gasteiger partial charge in [-0.25, -0.2) is 4.98 Å². The highest BCUT2D eigenvalue weighted by atomic mass is 32.2. The summed E-state index contributed by atoms with van der Waals surface area (Å²) in [6.45, 7) is 3.82. The molecule has 0 aliphatic rings. The molecule has 0 saturated heterocycles. The van der Waals surface area contributed by atoms with E-state index in [0.717, 1.165) is 22.5 Å². The number of amides is 1. The van der Waals surface area contributed by atoms with Crippen molar-refractivity contribution in [2.75, 3.05) is 11.1 Å². The largest absolute Gasteiger partial charge is 0.310 e. The smallest absolute Gasteiger partial charge is 0.236 e. The number of anilines is 1. The normalized spacial score (nSPS) is 10.6. The number of nitrogens with one attached hydrogen (secondary N) is 2. The van der Waals surface area contributed by atoms with E-state index in [4.69, 9.17) is 0 Å². The molecule has 4 aromatic rings. The number of nitriles is 1. The highest BCUT2D eigenvalue weighted by molar-refractivity contribution is 7.99. The van der Waals surface area contributed by atoms with Crippen LogP contribution in [0, 0.1) is 25.2 Å². The number of benzene rings is 2. The van der Waals surface area contributed by atoms with Gasteiger partial charge in [-0.05, 0) is 31.5 Å². The summed E-state index contributed by atoms with van der Waals surface area (Å²) in [5, 5.41) is 20.1. The topological polar surface area (TPSA) is 99.4 Å². The maximum absolute atomic E-state index is 12.7. The number of nitrogens with zero attached hydrogens (tertiary/aromatic N) is 4. The van der Waals surface area contributed by atoms with Crippen molar-refractivity contribution in [2.45, 2.75) is 19.0 Å². The van der Waals surface area contributed by atoms with Gasteiger partial charge in [0, 0.05) is 16.9 Å². The molecule has 2 aromatic carbocycles. The van der Waals surface area contributed by atoms with E-state index in [1.54, 1.807) is 0 Å². The van der Waals surface area contributed by atoms with Gasteiger partial charge in [-0.1, -0.05) is 60.3 Å². The Morgan fingerprint density at radius 3 is 2.48 bits per heavy atom. The van der Waals surface area contributed by atoms with E-state index >= 15 is 0 Å². The first-order chi connectivity index (χ1) is 15.1. The molecule has 0 bridgehead atoms. The highest BCUT2D eigenvalue weighted by Crippen LogP contribution is 2.30. The molecule has 0 aliphatic carbocycles. The van der Waals surface area contributed by atoms with Gasteiger partial charge >= 0.3 is 0 Å². The van der Waals surface area contributed by atoms with Crippen LogP contribution in [-0.4, -0.2) is 31.4 Å². The summed E-state index contributed by atoms with van der Waals surface area (Å²) < 4.78 is 1.90. The number of carbonyl (C=O) groups is 1. The summed E-state index contributed by atoms with van der Waals surface area (Å²) in [5.41, 5.74) is 4.03. The molecule has 2 N–H and O–H groups in total. The lowest BCUT2D eigenvalue weighted by Crippen LogP contribution is -2.17. The Labute approximate surface area is 184 Å². The van der Waals surface area contributed by atoms with Gasteiger partial charge in [0.2, 0.25) is 11.1 Å². The summed E-state index contributed by atoms with van der Waals surface area (Å²) >= 11 is 1.23. The predicted molar refractivity (Wildman–Crippen MR) is 121 cm³/mol. The van der Waals surface area contributed by atoms with E-state index < -0.39 is 0 Å². The highest BCUT2D eigenvalue weighted by Gasteiger charge is 2.21. The molecule has 0 unspecified atom stereocenters. The van der Waals surface area contributed by atoms with Crippen LogP contribution in [0.5, 0.6) is 0 Å². The Kier molecular flexibility index (Phi) is 5.87. The number of H-pyrrole nitrogens is 1. The van der Waals surface area contributed by atoms with E-state index in [1.807, 2.05) is 79.1 Å². The van der Waals surface area contributed by atoms with Gasteiger partial charge in [0.05, 0.1) is 11.3 Å². The van der Waals surface area contributed by atoms with Gasteiger partial charge in [0.15, 0.2) is 5.82 Å². The van der Waals surface area contributed by atoms with Crippen molar-refractivity contribution >= 4 is 23.5 Å². The van der Waals surface area contributed by atoms with E-state index in [2.05, 4.69) is 26.6 Å². The Morgan fingerprint density at radius 2 is 1.81 bits per heavy atom. The molecule has 1 amide bonds. The number of rotatable bonds is 6. The fourth-order valence-corrected chi connectivity index (χ4v) is 3.89. The Morgan fingerprint density at radius 1 is 1.13 bits per heavy atom. The van der Waals surface area contributed by atoms with Crippen molar-refractivity contribution in [3.63, 3.8) is 0 Å². The van der Waals surface area contributed by atoms with Crippen molar-refractivity contribution in [3.05, 3.63) is 77.5 Å². The van der Waals surface area contributed by atoms with Crippen LogP contribution >= 0.6 is 11.8 Å². The molecule has 2 heterocycles. The summed E-state index contributed by atoms with van der Waals surface area (Å²) in [6.07, 6.45) is 0. The minimum atomic E-state index is -0.234. The lowest BCUT2D eigenvalue weighted by molar-refractivity contribution is -0.113. The molecule has 8 heteroatoms. The summed E-state index contributed by atoms with van der Waals surface area (Å²) in [4.78, 5) is 17.1. The second-order valence-corrected chi connectivity index (χ2v) is 7.83. The van der Waals surface area contributed by atoms with Crippen LogP contribution in [-0.2, 0) is 4.79 Å². The Balaban J connectivity index is 1.51. The zero-order valence-corrected chi connectivity index (χ0v) is 17.9. The number of para-hydroxylation sites is 1. The van der Waals surface area contributed by atoms with Crippen molar-refractivity contribution in [2.24, 2.45) is 0 Å². The van der Waals surface area contributed by atoms with Gasteiger partial charge < -0.3 is 5.32 Å². The maximum Gasteiger partial charge on any atom is 0.236 e. The second kappa shape index (κ2) is 8.90. The third-order valence-corrected chi connectivity index (χ3v) is 5.79. The Hall–Kier alpha value is -3.83. The van der Waals surface area contributed by atoms with E-state index in [0.29, 0.717) is 22.4 Å². The Bertz CT molecular complexity index is 1250. The SMILES string of the molecule is Cc1c(C#N)c(NC(=O)CSc2n[nH]c(-c3ccccc3)n2)n(-c2ccccc2)c1C. The molecular weight excluding hydrogens is 408 g/mol. The quantitative estimate of drug-likeness (QED) is 0.441. The molecule has 31 heavy (non-hydrogen) atoms. The van der Waals surface area contributed by atoms with Gasteiger partial charge in [-0.2, -0.15) is 5.26 Å². The van der Waals surface area contributed by atoms with E-state index in [-0.39, 0.29) is 11.7 Å². The second-order valence-electron chi connectivity index (χ2n) is 6.89. The van der Waals surface area contributed by atoms with Crippen LogP contribution < -0.4 is 5.32 Å². The molecule has 0 spiro atoms. The molecular formula is C23H20N6OS. The molecule has 0 fully saturated rings. The van der Waals surface area contributed by atoms with Crippen LogP contribution in [0.1, 0.15) is 16.8 Å². The average molecular weight is 429 g/mol. The molecule has 0 saturated carbocycles. The third-order valence-electron chi connectivity index (χ3n) is 4.94. The maximum atomic E-state index is 12.7. The zero-order valence-electron chi connectivity index (χ0n) is 17.1. The van der Waals surface area contributed by atoms with Crippen LogP contribution in [0.3, 0.4) is 0 Å². The molecule has 0 aliphatic heterocycles. The molecule has 2 aromatic heterocycles. The number of carbonyl (C=O) groups excluding carboxylic acids is 1. The minimum absolute atomic E-state index is 0.120.